The van der Waals surface area contributed by atoms with Crippen molar-refractivity contribution >= 4 is 17.8 Å². The highest BCUT2D eigenvalue weighted by molar-refractivity contribution is 5.98. The minimum Gasteiger partial charge on any atom is -0.295 e. The van der Waals surface area contributed by atoms with Gasteiger partial charge >= 0.3 is 0 Å². The minimum atomic E-state index is 0.0907. The highest BCUT2D eigenvalue weighted by atomic mass is 16.2. The number of amides is 1. The second-order valence-electron chi connectivity index (χ2n) is 5.53. The smallest absolute Gasteiger partial charge is 0.249 e. The molecule has 1 atom stereocenters. The van der Waals surface area contributed by atoms with Crippen LogP contribution in [0.15, 0.2) is 35.4 Å². The zero-order valence-electron chi connectivity index (χ0n) is 11.7. The first kappa shape index (κ1) is 13.3. The summed E-state index contributed by atoms with van der Waals surface area (Å²) in [7, 11) is 0. The summed E-state index contributed by atoms with van der Waals surface area (Å²) in [4.78, 5) is 14.7. The predicted octanol–water partition coefficient (Wildman–Crippen LogP) is 2.65. The van der Waals surface area contributed by atoms with Crippen LogP contribution in [0.25, 0.3) is 0 Å². The molecule has 4 nitrogen and oxygen atoms in total. The number of nitrogens with zero attached hydrogens (tertiary/aromatic N) is 3. The highest BCUT2D eigenvalue weighted by Crippen LogP contribution is 2.21. The summed E-state index contributed by atoms with van der Waals surface area (Å²) in [5, 5.41) is 5.91. The zero-order chi connectivity index (χ0) is 13.8. The summed E-state index contributed by atoms with van der Waals surface area (Å²) in [6.07, 6.45) is 7.58. The van der Waals surface area contributed by atoms with Crippen molar-refractivity contribution in [3.63, 3.8) is 0 Å². The summed E-state index contributed by atoms with van der Waals surface area (Å²) < 4.78 is 0. The average Bonchev–Trinajstić information content (AvgIpc) is 2.77. The van der Waals surface area contributed by atoms with E-state index in [0.29, 0.717) is 6.42 Å². The minimum absolute atomic E-state index is 0.0907. The van der Waals surface area contributed by atoms with E-state index in [1.54, 1.807) is 0 Å². The van der Waals surface area contributed by atoms with Crippen LogP contribution >= 0.6 is 0 Å². The Morgan fingerprint density at radius 2 is 1.70 bits per heavy atom. The van der Waals surface area contributed by atoms with Gasteiger partial charge in [0.05, 0.1) is 11.7 Å². The Bertz CT molecular complexity index is 478. The van der Waals surface area contributed by atoms with E-state index < -0.39 is 0 Å². The molecule has 106 valence electrons. The van der Waals surface area contributed by atoms with Gasteiger partial charge in [-0.25, -0.2) is 5.01 Å². The van der Waals surface area contributed by atoms with Crippen LogP contribution in [0.1, 0.15) is 32.1 Å². The topological polar surface area (TPSA) is 35.9 Å². The van der Waals surface area contributed by atoms with Crippen LogP contribution in [-0.2, 0) is 4.79 Å². The van der Waals surface area contributed by atoms with Crippen molar-refractivity contribution in [2.24, 2.45) is 5.10 Å². The number of hydrazone groups is 1. The van der Waals surface area contributed by atoms with Crippen molar-refractivity contribution in [2.75, 3.05) is 18.1 Å². The van der Waals surface area contributed by atoms with Crippen molar-refractivity contribution in [2.45, 2.75) is 38.1 Å². The molecule has 1 unspecified atom stereocenters. The molecule has 0 radical (unpaired) electrons. The maximum atomic E-state index is 12.3. The molecular weight excluding hydrogens is 250 g/mol. The fourth-order valence-corrected chi connectivity index (χ4v) is 2.96. The quantitative estimate of drug-likeness (QED) is 0.829. The summed E-state index contributed by atoms with van der Waals surface area (Å²) in [6, 6.07) is 9.82. The number of anilines is 1. The number of rotatable bonds is 2. The number of para-hydroxylation sites is 1. The number of hydrogen-bond acceptors (Lipinski definition) is 3. The molecule has 0 N–H and O–H groups in total. The van der Waals surface area contributed by atoms with Gasteiger partial charge in [0.25, 0.3) is 0 Å². The van der Waals surface area contributed by atoms with E-state index in [4.69, 9.17) is 0 Å². The maximum Gasteiger partial charge on any atom is 0.249 e. The van der Waals surface area contributed by atoms with Crippen LogP contribution in [0.3, 0.4) is 0 Å². The molecule has 1 amide bonds. The van der Waals surface area contributed by atoms with Crippen molar-refractivity contribution in [1.29, 1.82) is 0 Å². The van der Waals surface area contributed by atoms with E-state index in [1.807, 2.05) is 36.5 Å². The van der Waals surface area contributed by atoms with Crippen LogP contribution in [0.5, 0.6) is 0 Å². The molecule has 2 heterocycles. The fourth-order valence-electron chi connectivity index (χ4n) is 2.96. The lowest BCUT2D eigenvalue weighted by molar-refractivity contribution is -0.119. The second kappa shape index (κ2) is 6.18. The number of hydrogen-bond donors (Lipinski definition) is 0. The largest absolute Gasteiger partial charge is 0.295 e. The fraction of sp³-hybridized carbons (Fsp3) is 0.500. The van der Waals surface area contributed by atoms with E-state index in [-0.39, 0.29) is 11.9 Å². The molecule has 0 spiro atoms. The van der Waals surface area contributed by atoms with Crippen molar-refractivity contribution in [3.05, 3.63) is 30.3 Å². The lowest BCUT2D eigenvalue weighted by Crippen LogP contribution is -2.45. The molecule has 0 aromatic heterocycles. The van der Waals surface area contributed by atoms with Gasteiger partial charge in [0.2, 0.25) is 5.91 Å². The Morgan fingerprint density at radius 3 is 2.35 bits per heavy atom. The van der Waals surface area contributed by atoms with Crippen molar-refractivity contribution < 1.29 is 4.79 Å². The lowest BCUT2D eigenvalue weighted by Gasteiger charge is -2.32. The maximum absolute atomic E-state index is 12.3. The molecular formula is C16H21N3O. The zero-order valence-corrected chi connectivity index (χ0v) is 11.7. The summed E-state index contributed by atoms with van der Waals surface area (Å²) in [6.45, 7) is 2.19. The van der Waals surface area contributed by atoms with Crippen LogP contribution < -0.4 is 5.01 Å². The monoisotopic (exact) mass is 271 g/mol. The molecule has 0 saturated carbocycles. The van der Waals surface area contributed by atoms with Gasteiger partial charge in [0, 0.05) is 12.6 Å². The Hall–Kier alpha value is -1.68. The third kappa shape index (κ3) is 2.90. The molecule has 2 aliphatic heterocycles. The Morgan fingerprint density at radius 1 is 1.00 bits per heavy atom. The Kier molecular flexibility index (Phi) is 4.11. The van der Waals surface area contributed by atoms with Gasteiger partial charge in [-0.05, 0) is 38.1 Å². The third-order valence-electron chi connectivity index (χ3n) is 4.08. The molecule has 0 aliphatic carbocycles. The standard InChI is InChI=1S/C16H21N3O/c20-16-12-15(18-10-6-1-2-7-11-18)13-17-19(16)14-8-4-3-5-9-14/h3-5,8-9,13,15H,1-2,6-7,10-12H2. The molecule has 1 aromatic carbocycles. The van der Waals surface area contributed by atoms with E-state index in [9.17, 15) is 4.79 Å². The van der Waals surface area contributed by atoms with Crippen LogP contribution in [0.2, 0.25) is 0 Å². The van der Waals surface area contributed by atoms with E-state index in [0.717, 1.165) is 18.8 Å². The number of carbonyl (C=O) groups excluding carboxylic acids is 1. The molecule has 3 rings (SSSR count). The third-order valence-corrected chi connectivity index (χ3v) is 4.08. The van der Waals surface area contributed by atoms with Crippen LogP contribution in [0.4, 0.5) is 5.69 Å². The van der Waals surface area contributed by atoms with Crippen molar-refractivity contribution in [1.82, 2.24) is 4.90 Å². The molecule has 4 heteroatoms. The van der Waals surface area contributed by atoms with Gasteiger partial charge in [-0.2, -0.15) is 5.10 Å². The normalized spacial score (nSPS) is 24.7. The molecule has 2 aliphatic rings. The van der Waals surface area contributed by atoms with Crippen molar-refractivity contribution in [3.8, 4) is 0 Å². The number of benzene rings is 1. The average molecular weight is 271 g/mol. The summed E-state index contributed by atoms with van der Waals surface area (Å²) >= 11 is 0. The van der Waals surface area contributed by atoms with Gasteiger partial charge in [0.1, 0.15) is 0 Å². The molecule has 1 fully saturated rings. The van der Waals surface area contributed by atoms with Crippen LogP contribution in [-0.4, -0.2) is 36.2 Å². The SMILES string of the molecule is O=C1CC(N2CCCCCC2)C=NN1c1ccccc1. The first-order chi connectivity index (χ1) is 9.84. The second-order valence-corrected chi connectivity index (χ2v) is 5.53. The van der Waals surface area contributed by atoms with E-state index >= 15 is 0 Å². The van der Waals surface area contributed by atoms with E-state index in [2.05, 4.69) is 10.0 Å². The highest BCUT2D eigenvalue weighted by Gasteiger charge is 2.28. The molecule has 0 bridgehead atoms. The van der Waals surface area contributed by atoms with Gasteiger partial charge < -0.3 is 0 Å². The predicted molar refractivity (Wildman–Crippen MR) is 80.9 cm³/mol. The summed E-state index contributed by atoms with van der Waals surface area (Å²) in [5.41, 5.74) is 0.850. The van der Waals surface area contributed by atoms with Crippen LogP contribution in [0, 0.1) is 0 Å². The van der Waals surface area contributed by atoms with Gasteiger partial charge in [-0.15, -0.1) is 0 Å². The van der Waals surface area contributed by atoms with Gasteiger partial charge in [-0.3, -0.25) is 9.69 Å². The number of carbonyl (C=O) groups is 1. The first-order valence-electron chi connectivity index (χ1n) is 7.51. The Balaban J connectivity index is 1.72. The molecule has 1 aromatic rings. The molecule has 20 heavy (non-hydrogen) atoms. The van der Waals surface area contributed by atoms with Gasteiger partial charge in [-0.1, -0.05) is 31.0 Å². The van der Waals surface area contributed by atoms with E-state index in [1.165, 1.54) is 30.7 Å². The molecule has 1 saturated heterocycles. The van der Waals surface area contributed by atoms with Gasteiger partial charge in [0.15, 0.2) is 0 Å². The Labute approximate surface area is 120 Å². The first-order valence-corrected chi connectivity index (χ1v) is 7.51. The summed E-state index contributed by atoms with van der Waals surface area (Å²) in [5.74, 6) is 0.0907. The lowest BCUT2D eigenvalue weighted by atomic mass is 10.1. The number of likely N-dealkylation sites (tertiary alicyclic amines) is 1.